The molecule has 17 rings (SSSR count). The van der Waals surface area contributed by atoms with Gasteiger partial charge in [0.15, 0.2) is 0 Å². The quantitative estimate of drug-likeness (QED) is 0.0220. The second-order valence-electron chi connectivity index (χ2n) is 35.3. The molecular formula is C105H114N4O8. The molecule has 12 aromatic rings. The SMILES string of the molecule is CCCCC(CC)CC1(CC(CC)CCCC)c2cc(-c3cc4c5ccc6c7c(ccc(c8ccc9c(c3C(=O)N(C(CCC)CCC)C9=O)c84)c75)C(=O)N(C(CCC)CCC)C6=O)ccc2-c2ccc(-c3cc4c5ccc6c7c(ccc(c8ccc9c(c3C(=O)N(C(CCC)CCC)C9=O)c84)c75)C(=O)N(C(CCC)CCC)C6=O)cc21. The van der Waals surface area contributed by atoms with Gasteiger partial charge in [0.05, 0.1) is 11.1 Å². The molecule has 12 aromatic carbocycles. The van der Waals surface area contributed by atoms with Crippen LogP contribution in [0.1, 0.15) is 344 Å². The van der Waals surface area contributed by atoms with Crippen molar-refractivity contribution in [3.63, 3.8) is 0 Å². The first-order chi connectivity index (χ1) is 56.9. The lowest BCUT2D eigenvalue weighted by molar-refractivity contribution is 0.0505. The summed E-state index contributed by atoms with van der Waals surface area (Å²) in [5, 5.41) is 12.6. The van der Waals surface area contributed by atoms with Gasteiger partial charge in [-0.2, -0.15) is 0 Å². The monoisotopic (exact) mass is 1560 g/mol. The number of unbranched alkanes of at least 4 members (excludes halogenated alkanes) is 2. The van der Waals surface area contributed by atoms with Crippen LogP contribution in [-0.4, -0.2) is 91.0 Å². The van der Waals surface area contributed by atoms with Crippen molar-refractivity contribution in [2.24, 2.45) is 11.8 Å². The van der Waals surface area contributed by atoms with E-state index in [0.717, 1.165) is 214 Å². The molecule has 2 atom stereocenters. The molecule has 0 saturated carbocycles. The Morgan fingerprint density at radius 1 is 0.239 bits per heavy atom. The number of nitrogens with zero attached hydrogens (tertiary/aromatic N) is 4. The fraction of sp³-hybridized carbons (Fsp3) is 0.429. The Labute approximate surface area is 689 Å². The average Bonchev–Trinajstić information content (AvgIpc) is 0.809. The van der Waals surface area contributed by atoms with E-state index in [1.165, 1.54) is 20.9 Å². The lowest BCUT2D eigenvalue weighted by Gasteiger charge is -2.39. The first-order valence-corrected chi connectivity index (χ1v) is 45.2. The second kappa shape index (κ2) is 31.6. The summed E-state index contributed by atoms with van der Waals surface area (Å²) in [6.45, 7) is 26.2. The molecule has 4 aliphatic heterocycles. The van der Waals surface area contributed by atoms with E-state index in [-0.39, 0.29) is 71.4 Å². The zero-order valence-electron chi connectivity index (χ0n) is 71.0. The summed E-state index contributed by atoms with van der Waals surface area (Å²) in [5.74, 6) is -1.66. The summed E-state index contributed by atoms with van der Waals surface area (Å²) in [6, 6.07) is 40.9. The van der Waals surface area contributed by atoms with Crippen molar-refractivity contribution in [3.05, 3.63) is 177 Å². The van der Waals surface area contributed by atoms with Crippen LogP contribution < -0.4 is 0 Å². The maximum Gasteiger partial charge on any atom is 0.262 e. The molecule has 0 spiro atoms. The third-order valence-corrected chi connectivity index (χ3v) is 28.4. The van der Waals surface area contributed by atoms with E-state index in [9.17, 15) is 0 Å². The molecule has 0 saturated heterocycles. The Bertz CT molecular complexity index is 5680. The molecule has 0 aromatic heterocycles. The Morgan fingerprint density at radius 3 is 0.752 bits per heavy atom. The van der Waals surface area contributed by atoms with Gasteiger partial charge in [0.1, 0.15) is 0 Å². The fourth-order valence-electron chi connectivity index (χ4n) is 23.1. The maximum absolute atomic E-state index is 16.6. The molecule has 1 aliphatic carbocycles. The lowest BCUT2D eigenvalue weighted by atomic mass is 9.64. The van der Waals surface area contributed by atoms with Crippen molar-refractivity contribution in [3.8, 4) is 33.4 Å². The highest BCUT2D eigenvalue weighted by molar-refractivity contribution is 6.44. The highest BCUT2D eigenvalue weighted by atomic mass is 16.2. The number of rotatable bonds is 34. The molecule has 117 heavy (non-hydrogen) atoms. The van der Waals surface area contributed by atoms with Crippen LogP contribution in [0, 0.1) is 11.8 Å². The van der Waals surface area contributed by atoms with Gasteiger partial charge >= 0.3 is 0 Å². The van der Waals surface area contributed by atoms with Crippen molar-refractivity contribution >= 4 is 133 Å². The number of benzene rings is 12. The molecule has 0 radical (unpaired) electrons. The van der Waals surface area contributed by atoms with Gasteiger partial charge in [0, 0.05) is 84.5 Å². The number of carbonyl (C=O) groups is 8. The molecule has 8 amide bonds. The molecule has 12 heteroatoms. The zero-order valence-corrected chi connectivity index (χ0v) is 71.0. The third kappa shape index (κ3) is 12.0. The van der Waals surface area contributed by atoms with Crippen LogP contribution in [0.2, 0.25) is 0 Å². The Morgan fingerprint density at radius 2 is 0.487 bits per heavy atom. The highest BCUT2D eigenvalue weighted by Gasteiger charge is 2.49. The van der Waals surface area contributed by atoms with Crippen LogP contribution in [0.25, 0.3) is 120 Å². The Hall–Kier alpha value is -10.2. The topological polar surface area (TPSA) is 150 Å². The van der Waals surface area contributed by atoms with E-state index in [0.29, 0.717) is 129 Å². The summed E-state index contributed by atoms with van der Waals surface area (Å²) in [7, 11) is 0. The minimum atomic E-state index is -0.629. The van der Waals surface area contributed by atoms with Crippen LogP contribution in [-0.2, 0) is 5.41 Å². The van der Waals surface area contributed by atoms with Crippen LogP contribution in [0.15, 0.2) is 121 Å². The van der Waals surface area contributed by atoms with Gasteiger partial charge in [0.25, 0.3) is 47.3 Å². The summed E-state index contributed by atoms with van der Waals surface area (Å²) in [4.78, 5) is 132. The minimum Gasteiger partial charge on any atom is -0.271 e. The van der Waals surface area contributed by atoms with Crippen LogP contribution in [0.3, 0.4) is 0 Å². The van der Waals surface area contributed by atoms with Gasteiger partial charge in [-0.05, 0) is 246 Å². The van der Waals surface area contributed by atoms with Gasteiger partial charge in [-0.1, -0.05) is 246 Å². The number of hydrogen-bond acceptors (Lipinski definition) is 8. The minimum absolute atomic E-state index is 0.235. The second-order valence-corrected chi connectivity index (χ2v) is 35.3. The van der Waals surface area contributed by atoms with Crippen molar-refractivity contribution in [1.29, 1.82) is 0 Å². The van der Waals surface area contributed by atoms with Crippen LogP contribution in [0.5, 0.6) is 0 Å². The van der Waals surface area contributed by atoms with Crippen molar-refractivity contribution in [2.45, 2.75) is 280 Å². The smallest absolute Gasteiger partial charge is 0.262 e. The van der Waals surface area contributed by atoms with Crippen LogP contribution >= 0.6 is 0 Å². The van der Waals surface area contributed by atoms with Crippen molar-refractivity contribution in [1.82, 2.24) is 19.6 Å². The summed E-state index contributed by atoms with van der Waals surface area (Å²) < 4.78 is 0. The fourth-order valence-corrected chi connectivity index (χ4v) is 23.1. The molecule has 0 fully saturated rings. The predicted octanol–water partition coefficient (Wildman–Crippen LogP) is 26.9. The van der Waals surface area contributed by atoms with E-state index in [1.54, 1.807) is 9.80 Å². The van der Waals surface area contributed by atoms with E-state index in [1.807, 2.05) is 60.7 Å². The molecular weight excluding hydrogens is 1450 g/mol. The predicted molar refractivity (Wildman–Crippen MR) is 478 cm³/mol. The van der Waals surface area contributed by atoms with Gasteiger partial charge in [-0.15, -0.1) is 0 Å². The number of carbonyl (C=O) groups excluding carboxylic acids is 8. The van der Waals surface area contributed by atoms with E-state index in [4.69, 9.17) is 0 Å². The molecule has 0 bridgehead atoms. The van der Waals surface area contributed by atoms with Crippen LogP contribution in [0.4, 0.5) is 0 Å². The molecule has 5 aliphatic rings. The van der Waals surface area contributed by atoms with Gasteiger partial charge in [-0.3, -0.25) is 58.0 Å². The van der Waals surface area contributed by atoms with E-state index < -0.39 is 5.41 Å². The summed E-state index contributed by atoms with van der Waals surface area (Å²) in [6.07, 6.45) is 21.9. The van der Waals surface area contributed by atoms with E-state index >= 15 is 38.4 Å². The summed E-state index contributed by atoms with van der Waals surface area (Å²) in [5.41, 5.74) is 11.2. The first-order valence-electron chi connectivity index (χ1n) is 45.2. The first kappa shape index (κ1) is 79.3. The largest absolute Gasteiger partial charge is 0.271 e. The van der Waals surface area contributed by atoms with Crippen molar-refractivity contribution < 1.29 is 38.4 Å². The number of fused-ring (bicyclic) bond motifs is 7. The zero-order chi connectivity index (χ0) is 81.9. The number of hydrogen-bond donors (Lipinski definition) is 0. The van der Waals surface area contributed by atoms with Gasteiger partial charge in [0.2, 0.25) is 0 Å². The average molecular weight is 1560 g/mol. The lowest BCUT2D eigenvalue weighted by Crippen LogP contribution is -2.47. The number of amides is 8. The van der Waals surface area contributed by atoms with E-state index in [2.05, 4.69) is 144 Å². The normalized spacial score (nSPS) is 15.8. The van der Waals surface area contributed by atoms with Gasteiger partial charge < -0.3 is 0 Å². The van der Waals surface area contributed by atoms with Crippen molar-refractivity contribution in [2.75, 3.05) is 0 Å². The third-order valence-electron chi connectivity index (χ3n) is 28.4. The molecule has 12 nitrogen and oxygen atoms in total. The number of imide groups is 4. The maximum atomic E-state index is 16.6. The Kier molecular flexibility index (Phi) is 21.4. The highest BCUT2D eigenvalue weighted by Crippen LogP contribution is 2.60. The molecule has 2 unspecified atom stereocenters. The molecule has 602 valence electrons. The Balaban J connectivity index is 0.938. The molecule has 0 N–H and O–H groups in total. The standard InChI is InChI=1S/C105H114N4O8/c1-13-25-35-59(23-11)57-105(58-60(24-12)36-26-14-2)85-53-61(81-55-83-73-45-49-77-91-75(97(110)106(99(77)112)63(27-15-3)28-16-4)47-41-69(87(73)91)71-43-51-79-93(89(71)83)95(81)103(116)108(101(79)114)65(31-19-7)32-20-8)37-39-67(85)68-40-38-62(54-86(68)105)82-56-84-74-46-50-78-92-76(98(111)107(100(78)113)64(29-17-5)30-18-6)48-42-70(88(74)92)72-44-52-80-94(90(72)84)96(82)104(117)109(102(80)115)66(33-21-9)34-22-10/h37-56,59-60,63-66H,13-36,57-58H2,1-12H3. The molecule has 4 heterocycles. The van der Waals surface area contributed by atoms with Gasteiger partial charge in [-0.25, -0.2) is 0 Å². The summed E-state index contributed by atoms with van der Waals surface area (Å²) >= 11 is 0.